The Balaban J connectivity index is 2.60. The summed E-state index contributed by atoms with van der Waals surface area (Å²) >= 11 is 0. The van der Waals surface area contributed by atoms with Crippen LogP contribution in [-0.2, 0) is 0 Å². The quantitative estimate of drug-likeness (QED) is 0.809. The number of fused-ring (bicyclic) bond motifs is 1. The van der Waals surface area contributed by atoms with Gasteiger partial charge in [0, 0.05) is 28.8 Å². The van der Waals surface area contributed by atoms with Gasteiger partial charge >= 0.3 is 0 Å². The molecule has 2 N–H and O–H groups in total. The summed E-state index contributed by atoms with van der Waals surface area (Å²) in [5, 5.41) is 3.36. The lowest BCUT2D eigenvalue weighted by Crippen LogP contribution is -2.20. The summed E-state index contributed by atoms with van der Waals surface area (Å²) in [6.07, 6.45) is 0.942. The molecule has 0 aliphatic rings. The zero-order valence-corrected chi connectivity index (χ0v) is 11.2. The van der Waals surface area contributed by atoms with Gasteiger partial charge in [-0.05, 0) is 26.8 Å². The third kappa shape index (κ3) is 2.34. The van der Waals surface area contributed by atoms with Crippen LogP contribution in [0.5, 0.6) is 0 Å². The highest BCUT2D eigenvalue weighted by Gasteiger charge is 2.22. The van der Waals surface area contributed by atoms with Crippen molar-refractivity contribution < 1.29 is 13.2 Å². The second-order valence-corrected chi connectivity index (χ2v) is 4.75. The fraction of sp³-hybridized carbons (Fsp3) is 0.429. The average molecular weight is 270 g/mol. The molecule has 0 radical (unpaired) electrons. The van der Waals surface area contributed by atoms with Crippen molar-refractivity contribution in [3.63, 3.8) is 0 Å². The van der Waals surface area contributed by atoms with Crippen LogP contribution in [0, 0.1) is 24.4 Å². The Morgan fingerprint density at radius 1 is 1.26 bits per heavy atom. The van der Waals surface area contributed by atoms with E-state index in [1.807, 2.05) is 13.8 Å². The van der Waals surface area contributed by atoms with Crippen molar-refractivity contribution in [3.05, 3.63) is 34.8 Å². The highest BCUT2D eigenvalue weighted by molar-refractivity contribution is 5.86. The smallest absolute Gasteiger partial charge is 0.195 e. The minimum absolute atomic E-state index is 0.131. The van der Waals surface area contributed by atoms with Crippen LogP contribution in [-0.4, -0.2) is 11.5 Å². The first kappa shape index (κ1) is 13.9. The molecule has 1 aromatic heterocycles. The van der Waals surface area contributed by atoms with E-state index in [0.29, 0.717) is 5.56 Å². The van der Waals surface area contributed by atoms with Crippen LogP contribution in [0.25, 0.3) is 10.9 Å². The predicted molar refractivity (Wildman–Crippen MR) is 69.6 cm³/mol. The lowest BCUT2D eigenvalue weighted by atomic mass is 10.0. The van der Waals surface area contributed by atoms with Crippen molar-refractivity contribution in [1.82, 2.24) is 10.3 Å². The van der Waals surface area contributed by atoms with E-state index in [9.17, 15) is 13.2 Å². The number of aryl methyl sites for hydroxylation is 1. The summed E-state index contributed by atoms with van der Waals surface area (Å²) in [5.41, 5.74) is 1.66. The minimum atomic E-state index is -1.42. The zero-order valence-electron chi connectivity index (χ0n) is 11.2. The maximum atomic E-state index is 14.0. The fourth-order valence-electron chi connectivity index (χ4n) is 2.42. The Morgan fingerprint density at radius 3 is 2.58 bits per heavy atom. The standard InChI is InChI=1S/C14H17F3N2/c1-4-5-18-7(2)11-8(3)19-10-6-9(15)13(16)14(17)12(10)11/h6-7,18-19H,4-5H2,1-3H3. The van der Waals surface area contributed by atoms with Gasteiger partial charge in [0.1, 0.15) is 0 Å². The molecule has 1 heterocycles. The molecular formula is C14H17F3N2. The zero-order chi connectivity index (χ0) is 14.2. The van der Waals surface area contributed by atoms with Gasteiger partial charge in [0.05, 0.1) is 5.52 Å². The first-order chi connectivity index (χ1) is 8.97. The van der Waals surface area contributed by atoms with Crippen LogP contribution in [0.3, 0.4) is 0 Å². The van der Waals surface area contributed by atoms with E-state index in [1.165, 1.54) is 0 Å². The second kappa shape index (κ2) is 5.25. The molecule has 0 aliphatic heterocycles. The van der Waals surface area contributed by atoms with Crippen LogP contribution in [0.15, 0.2) is 6.07 Å². The number of halogens is 3. The van der Waals surface area contributed by atoms with Gasteiger partial charge in [-0.3, -0.25) is 0 Å². The molecule has 0 saturated carbocycles. The highest BCUT2D eigenvalue weighted by Crippen LogP contribution is 2.32. The number of nitrogens with one attached hydrogen (secondary N) is 2. The number of aromatic amines is 1. The molecule has 2 aromatic rings. The van der Waals surface area contributed by atoms with E-state index in [1.54, 1.807) is 6.92 Å². The molecule has 104 valence electrons. The first-order valence-electron chi connectivity index (χ1n) is 6.36. The minimum Gasteiger partial charge on any atom is -0.358 e. The molecule has 0 bridgehead atoms. The third-order valence-electron chi connectivity index (χ3n) is 3.29. The normalized spacial score (nSPS) is 13.2. The lowest BCUT2D eigenvalue weighted by Gasteiger charge is -2.14. The van der Waals surface area contributed by atoms with Gasteiger partial charge in [-0.15, -0.1) is 0 Å². The van der Waals surface area contributed by atoms with Gasteiger partial charge in [-0.25, -0.2) is 13.2 Å². The number of rotatable bonds is 4. The summed E-state index contributed by atoms with van der Waals surface area (Å²) in [5.74, 6) is -3.72. The van der Waals surface area contributed by atoms with Crippen molar-refractivity contribution in [3.8, 4) is 0 Å². The summed E-state index contributed by atoms with van der Waals surface area (Å²) in [6.45, 7) is 6.46. The summed E-state index contributed by atoms with van der Waals surface area (Å²) < 4.78 is 40.5. The number of hydrogen-bond acceptors (Lipinski definition) is 1. The van der Waals surface area contributed by atoms with Crippen LogP contribution < -0.4 is 5.32 Å². The van der Waals surface area contributed by atoms with Crippen LogP contribution in [0.4, 0.5) is 13.2 Å². The molecule has 19 heavy (non-hydrogen) atoms. The van der Waals surface area contributed by atoms with E-state index in [0.717, 1.165) is 24.7 Å². The van der Waals surface area contributed by atoms with Crippen LogP contribution >= 0.6 is 0 Å². The van der Waals surface area contributed by atoms with Crippen molar-refractivity contribution in [1.29, 1.82) is 0 Å². The number of benzene rings is 1. The molecule has 0 saturated heterocycles. The first-order valence-corrected chi connectivity index (χ1v) is 6.36. The molecule has 2 nitrogen and oxygen atoms in total. The van der Waals surface area contributed by atoms with Gasteiger partial charge in [0.2, 0.25) is 0 Å². The van der Waals surface area contributed by atoms with Crippen molar-refractivity contribution >= 4 is 10.9 Å². The summed E-state index contributed by atoms with van der Waals surface area (Å²) in [7, 11) is 0. The Morgan fingerprint density at radius 2 is 1.95 bits per heavy atom. The molecule has 0 amide bonds. The Labute approximate surface area is 110 Å². The molecule has 1 atom stereocenters. The van der Waals surface area contributed by atoms with E-state index in [4.69, 9.17) is 0 Å². The molecule has 0 aliphatic carbocycles. The van der Waals surface area contributed by atoms with Crippen LogP contribution in [0.1, 0.15) is 37.6 Å². The molecule has 5 heteroatoms. The van der Waals surface area contributed by atoms with Crippen molar-refractivity contribution in [2.24, 2.45) is 0 Å². The largest absolute Gasteiger partial charge is 0.358 e. The van der Waals surface area contributed by atoms with E-state index in [2.05, 4.69) is 10.3 Å². The SMILES string of the molecule is CCCNC(C)c1c(C)[nH]c2cc(F)c(F)c(F)c12. The third-order valence-corrected chi connectivity index (χ3v) is 3.29. The van der Waals surface area contributed by atoms with Crippen LogP contribution in [0.2, 0.25) is 0 Å². The predicted octanol–water partition coefficient (Wildman–Crippen LogP) is 3.95. The Kier molecular flexibility index (Phi) is 3.85. The van der Waals surface area contributed by atoms with Gasteiger partial charge in [-0.2, -0.15) is 0 Å². The van der Waals surface area contributed by atoms with E-state index < -0.39 is 17.5 Å². The number of hydrogen-bond donors (Lipinski definition) is 2. The molecule has 1 unspecified atom stereocenters. The number of aromatic nitrogens is 1. The fourth-order valence-corrected chi connectivity index (χ4v) is 2.42. The number of H-pyrrole nitrogens is 1. The van der Waals surface area contributed by atoms with Gasteiger partial charge in [-0.1, -0.05) is 6.92 Å². The monoisotopic (exact) mass is 270 g/mol. The van der Waals surface area contributed by atoms with E-state index in [-0.39, 0.29) is 16.9 Å². The Hall–Kier alpha value is -1.49. The lowest BCUT2D eigenvalue weighted by molar-refractivity contribution is 0.452. The van der Waals surface area contributed by atoms with Gasteiger partial charge in [0.15, 0.2) is 17.5 Å². The highest BCUT2D eigenvalue weighted by atomic mass is 19.2. The average Bonchev–Trinajstić information content (AvgIpc) is 2.69. The molecular weight excluding hydrogens is 253 g/mol. The molecule has 2 rings (SSSR count). The maximum Gasteiger partial charge on any atom is 0.195 e. The maximum absolute atomic E-state index is 14.0. The topological polar surface area (TPSA) is 27.8 Å². The Bertz CT molecular complexity index is 604. The second-order valence-electron chi connectivity index (χ2n) is 4.75. The van der Waals surface area contributed by atoms with Crippen molar-refractivity contribution in [2.45, 2.75) is 33.2 Å². The summed E-state index contributed by atoms with van der Waals surface area (Å²) in [6, 6.07) is 0.865. The molecule has 0 spiro atoms. The molecule has 0 fully saturated rings. The van der Waals surface area contributed by atoms with Gasteiger partial charge in [0.25, 0.3) is 0 Å². The molecule has 1 aromatic carbocycles. The van der Waals surface area contributed by atoms with Crippen molar-refractivity contribution in [2.75, 3.05) is 6.54 Å². The van der Waals surface area contributed by atoms with E-state index >= 15 is 0 Å². The summed E-state index contributed by atoms with van der Waals surface area (Å²) in [4.78, 5) is 2.91. The van der Waals surface area contributed by atoms with Gasteiger partial charge < -0.3 is 10.3 Å².